The number of carbonyl (C=O) groups is 2. The van der Waals surface area contributed by atoms with Crippen molar-refractivity contribution in [1.82, 2.24) is 4.90 Å². The first kappa shape index (κ1) is 22.4. The number of benzene rings is 1. The van der Waals surface area contributed by atoms with Gasteiger partial charge >= 0.3 is 0 Å². The minimum atomic E-state index is -0.403. The molecule has 33 heavy (non-hydrogen) atoms. The molecule has 1 aromatic rings. The molecule has 0 bridgehead atoms. The Labute approximate surface area is 196 Å². The summed E-state index contributed by atoms with van der Waals surface area (Å²) < 4.78 is 13.3. The van der Waals surface area contributed by atoms with E-state index in [0.29, 0.717) is 41.8 Å². The van der Waals surface area contributed by atoms with Crippen LogP contribution in [0, 0.1) is 40.3 Å². The number of hydrogen-bond donors (Lipinski definition) is 2. The number of halogens is 1. The second kappa shape index (κ2) is 7.85. The number of rotatable bonds is 3. The minimum Gasteiger partial charge on any atom is -0.397 e. The second-order valence-electron chi connectivity index (χ2n) is 11.4. The molecule has 3 N–H and O–H groups in total. The van der Waals surface area contributed by atoms with E-state index < -0.39 is 5.82 Å². The van der Waals surface area contributed by atoms with Crippen LogP contribution in [-0.2, 0) is 9.59 Å². The van der Waals surface area contributed by atoms with Gasteiger partial charge in [-0.1, -0.05) is 19.9 Å². The lowest BCUT2D eigenvalue weighted by Gasteiger charge is -2.60. The minimum absolute atomic E-state index is 0.0340. The van der Waals surface area contributed by atoms with Crippen molar-refractivity contribution in [3.8, 4) is 0 Å². The molecule has 0 aromatic heterocycles. The molecule has 6 heteroatoms. The summed E-state index contributed by atoms with van der Waals surface area (Å²) >= 11 is 0. The van der Waals surface area contributed by atoms with Crippen LogP contribution in [-0.4, -0.2) is 29.8 Å². The van der Waals surface area contributed by atoms with Crippen molar-refractivity contribution >= 4 is 23.2 Å². The largest absolute Gasteiger partial charge is 0.397 e. The summed E-state index contributed by atoms with van der Waals surface area (Å²) in [7, 11) is 1.96. The van der Waals surface area contributed by atoms with E-state index >= 15 is 0 Å². The normalized spacial score (nSPS) is 39.6. The molecule has 4 aliphatic rings. The molecule has 1 aromatic carbocycles. The number of carbonyl (C=O) groups excluding carboxylic acids is 2. The smallest absolute Gasteiger partial charge is 0.246 e. The Morgan fingerprint density at radius 2 is 1.97 bits per heavy atom. The van der Waals surface area contributed by atoms with E-state index in [2.05, 4.69) is 25.2 Å². The number of nitrogens with one attached hydrogen (secondary N) is 1. The van der Waals surface area contributed by atoms with Gasteiger partial charge in [-0.2, -0.15) is 0 Å². The van der Waals surface area contributed by atoms with E-state index in [1.807, 2.05) is 11.9 Å². The third kappa shape index (κ3) is 3.48. The molecule has 3 saturated carbocycles. The number of likely N-dealkylation sites (N-methyl/N-ethyl adjacent to an activating group) is 1. The number of hydrogen-bond acceptors (Lipinski definition) is 3. The van der Waals surface area contributed by atoms with Crippen LogP contribution in [0.2, 0.25) is 0 Å². The Hall–Kier alpha value is -2.37. The maximum atomic E-state index is 13.3. The van der Waals surface area contributed by atoms with Gasteiger partial charge in [-0.05, 0) is 91.9 Å². The van der Waals surface area contributed by atoms with Gasteiger partial charge in [-0.25, -0.2) is 4.39 Å². The van der Waals surface area contributed by atoms with Crippen LogP contribution in [0.4, 0.5) is 15.8 Å². The van der Waals surface area contributed by atoms with Gasteiger partial charge in [0.1, 0.15) is 5.82 Å². The van der Waals surface area contributed by atoms with Crippen LogP contribution in [0.25, 0.3) is 0 Å². The van der Waals surface area contributed by atoms with Gasteiger partial charge < -0.3 is 16.0 Å². The predicted molar refractivity (Wildman–Crippen MR) is 128 cm³/mol. The average molecular weight is 454 g/mol. The van der Waals surface area contributed by atoms with Gasteiger partial charge in [-0.3, -0.25) is 9.59 Å². The topological polar surface area (TPSA) is 75.4 Å². The summed E-state index contributed by atoms with van der Waals surface area (Å²) in [6, 6.07) is 4.39. The van der Waals surface area contributed by atoms with E-state index in [1.165, 1.54) is 31.0 Å². The van der Waals surface area contributed by atoms with E-state index in [1.54, 1.807) is 6.08 Å². The van der Waals surface area contributed by atoms with Crippen LogP contribution < -0.4 is 11.1 Å². The molecule has 178 valence electrons. The van der Waals surface area contributed by atoms with Gasteiger partial charge in [-0.15, -0.1) is 0 Å². The van der Waals surface area contributed by atoms with Crippen molar-refractivity contribution in [2.24, 2.45) is 34.5 Å². The molecule has 1 aliphatic heterocycles. The highest BCUT2D eigenvalue weighted by Gasteiger charge is 2.60. The molecular formula is C27H36FN3O2. The molecule has 3 fully saturated rings. The van der Waals surface area contributed by atoms with Crippen molar-refractivity contribution in [3.05, 3.63) is 36.2 Å². The molecule has 0 spiro atoms. The van der Waals surface area contributed by atoms with Crippen LogP contribution in [0.5, 0.6) is 0 Å². The number of anilines is 2. The standard InChI is InChI=1S/C27H36FN3O2/c1-26-12-10-20-18(6-9-23-27(20,2)13-11-25(33)31(23)3)19(26)7-4-16(26)14-24(32)30-22-8-5-17(28)15-21(22)29/h5,8,11,13,15-16,18-20,23H,4,6-7,9-10,12,14,29H2,1-3H3,(H,30,32)/t16-,18?,19?,20?,23?,26-,27-/m1/s1. The van der Waals surface area contributed by atoms with Crippen LogP contribution in [0.1, 0.15) is 58.8 Å². The zero-order chi connectivity index (χ0) is 23.5. The fourth-order valence-corrected chi connectivity index (χ4v) is 8.25. The van der Waals surface area contributed by atoms with Crippen LogP contribution in [0.15, 0.2) is 30.4 Å². The maximum absolute atomic E-state index is 13.3. The zero-order valence-electron chi connectivity index (χ0n) is 19.9. The molecule has 5 nitrogen and oxygen atoms in total. The van der Waals surface area contributed by atoms with Gasteiger partial charge in [0, 0.05) is 24.9 Å². The Morgan fingerprint density at radius 3 is 2.73 bits per heavy atom. The first-order valence-electron chi connectivity index (χ1n) is 12.4. The maximum Gasteiger partial charge on any atom is 0.246 e. The molecule has 0 radical (unpaired) electrons. The van der Waals surface area contributed by atoms with Crippen LogP contribution in [0.3, 0.4) is 0 Å². The quantitative estimate of drug-likeness (QED) is 0.633. The van der Waals surface area contributed by atoms with Crippen molar-refractivity contribution < 1.29 is 14.0 Å². The molecular weight excluding hydrogens is 417 g/mol. The van der Waals surface area contributed by atoms with E-state index in [0.717, 1.165) is 25.7 Å². The summed E-state index contributed by atoms with van der Waals surface area (Å²) in [6.45, 7) is 4.77. The molecule has 3 aliphatic carbocycles. The number of fused-ring (bicyclic) bond motifs is 5. The summed E-state index contributed by atoms with van der Waals surface area (Å²) in [5, 5.41) is 2.91. The molecule has 4 unspecified atom stereocenters. The highest BCUT2D eigenvalue weighted by Crippen LogP contribution is 2.66. The number of nitrogens with zero attached hydrogens (tertiary/aromatic N) is 1. The monoisotopic (exact) mass is 453 g/mol. The van der Waals surface area contributed by atoms with Crippen molar-refractivity contribution in [2.45, 2.75) is 64.8 Å². The first-order valence-corrected chi connectivity index (χ1v) is 12.4. The lowest BCUT2D eigenvalue weighted by Crippen LogP contribution is -2.59. The Balaban J connectivity index is 1.31. The van der Waals surface area contributed by atoms with Crippen LogP contribution >= 0.6 is 0 Å². The van der Waals surface area contributed by atoms with Crippen molar-refractivity contribution in [1.29, 1.82) is 0 Å². The van der Waals surface area contributed by atoms with Gasteiger partial charge in [0.15, 0.2) is 0 Å². The fourth-order valence-electron chi connectivity index (χ4n) is 8.25. The van der Waals surface area contributed by atoms with Crippen molar-refractivity contribution in [3.63, 3.8) is 0 Å². The van der Waals surface area contributed by atoms with Gasteiger partial charge in [0.2, 0.25) is 11.8 Å². The zero-order valence-corrected chi connectivity index (χ0v) is 19.9. The summed E-state index contributed by atoms with van der Waals surface area (Å²) in [6.07, 6.45) is 11.2. The van der Waals surface area contributed by atoms with E-state index in [-0.39, 0.29) is 28.3 Å². The summed E-state index contributed by atoms with van der Waals surface area (Å²) in [5.74, 6) is 1.91. The lowest BCUT2D eigenvalue weighted by molar-refractivity contribution is -0.139. The Bertz CT molecular complexity index is 1010. The van der Waals surface area contributed by atoms with E-state index in [9.17, 15) is 14.0 Å². The summed E-state index contributed by atoms with van der Waals surface area (Å²) in [5.41, 5.74) is 6.83. The molecule has 0 saturated heterocycles. The SMILES string of the molecule is CN1C(=O)C=C[C@]2(C)C3CC[C@@]4(C)C(CC[C@@H]4CC(=O)Nc4ccc(F)cc4N)C3CCC12. The van der Waals surface area contributed by atoms with Gasteiger partial charge in [0.25, 0.3) is 0 Å². The third-order valence-corrected chi connectivity index (χ3v) is 10.0. The number of nitrogens with two attached hydrogens (primary N) is 1. The first-order chi connectivity index (χ1) is 15.6. The lowest BCUT2D eigenvalue weighted by atomic mass is 9.47. The number of nitrogen functional groups attached to an aromatic ring is 1. The fraction of sp³-hybridized carbons (Fsp3) is 0.630. The third-order valence-electron chi connectivity index (χ3n) is 10.0. The Morgan fingerprint density at radius 1 is 1.18 bits per heavy atom. The number of amides is 2. The van der Waals surface area contributed by atoms with Gasteiger partial charge in [0.05, 0.1) is 11.4 Å². The molecule has 7 atom stereocenters. The Kier molecular flexibility index (Phi) is 5.33. The highest BCUT2D eigenvalue weighted by molar-refractivity contribution is 5.94. The predicted octanol–water partition coefficient (Wildman–Crippen LogP) is 4.99. The van der Waals surface area contributed by atoms with Crippen molar-refractivity contribution in [2.75, 3.05) is 18.1 Å². The average Bonchev–Trinajstić information content (AvgIpc) is 3.09. The molecule has 1 heterocycles. The molecule has 5 rings (SSSR count). The second-order valence-corrected chi connectivity index (χ2v) is 11.4. The highest BCUT2D eigenvalue weighted by atomic mass is 19.1. The molecule has 2 amide bonds. The summed E-state index contributed by atoms with van der Waals surface area (Å²) in [4.78, 5) is 27.1. The van der Waals surface area contributed by atoms with E-state index in [4.69, 9.17) is 5.73 Å².